The first-order valence-electron chi connectivity index (χ1n) is 7.42. The van der Waals surface area contributed by atoms with Crippen molar-refractivity contribution in [1.82, 2.24) is 5.32 Å². The molecule has 2 N–H and O–H groups in total. The number of anilines is 1. The molecule has 3 rings (SSSR count). The van der Waals surface area contributed by atoms with Crippen LogP contribution in [0, 0.1) is 0 Å². The molecule has 1 saturated heterocycles. The van der Waals surface area contributed by atoms with E-state index >= 15 is 0 Å². The Hall–Kier alpha value is -2.40. The number of benzene rings is 2. The summed E-state index contributed by atoms with van der Waals surface area (Å²) in [6.07, 6.45) is 1.95. The van der Waals surface area contributed by atoms with Crippen LogP contribution in [0.1, 0.15) is 12.8 Å². The van der Waals surface area contributed by atoms with Crippen LogP contribution in [0.15, 0.2) is 42.5 Å². The number of nitrogens with one attached hydrogen (secondary N) is 2. The van der Waals surface area contributed by atoms with Gasteiger partial charge in [0.15, 0.2) is 0 Å². The summed E-state index contributed by atoms with van der Waals surface area (Å²) in [6, 6.07) is 13.4. The van der Waals surface area contributed by atoms with Crippen LogP contribution < -0.4 is 10.6 Å². The minimum absolute atomic E-state index is 0.0254. The van der Waals surface area contributed by atoms with Crippen LogP contribution in [0.25, 0.3) is 10.8 Å². The van der Waals surface area contributed by atoms with E-state index < -0.39 is 11.8 Å². The zero-order valence-electron chi connectivity index (χ0n) is 12.2. The van der Waals surface area contributed by atoms with Crippen LogP contribution in [-0.4, -0.2) is 31.1 Å². The summed E-state index contributed by atoms with van der Waals surface area (Å²) < 4.78 is 5.40. The van der Waals surface area contributed by atoms with Crippen LogP contribution in [0.5, 0.6) is 0 Å². The second-order valence-electron chi connectivity index (χ2n) is 5.36. The molecule has 0 bridgehead atoms. The van der Waals surface area contributed by atoms with Gasteiger partial charge < -0.3 is 15.4 Å². The van der Waals surface area contributed by atoms with Gasteiger partial charge >= 0.3 is 11.8 Å². The third-order valence-corrected chi connectivity index (χ3v) is 3.73. The fraction of sp³-hybridized carbons (Fsp3) is 0.294. The summed E-state index contributed by atoms with van der Waals surface area (Å²) in [5.74, 6) is -1.29. The van der Waals surface area contributed by atoms with E-state index in [1.165, 1.54) is 0 Å². The molecule has 1 atom stereocenters. The lowest BCUT2D eigenvalue weighted by Crippen LogP contribution is -2.39. The molecule has 0 aromatic heterocycles. The van der Waals surface area contributed by atoms with Crippen molar-refractivity contribution in [3.63, 3.8) is 0 Å². The molecule has 1 unspecified atom stereocenters. The number of ether oxygens (including phenoxy) is 1. The molecule has 0 saturated carbocycles. The van der Waals surface area contributed by atoms with E-state index in [1.807, 2.05) is 36.4 Å². The third kappa shape index (κ3) is 3.43. The second kappa shape index (κ2) is 6.58. The minimum Gasteiger partial charge on any atom is -0.376 e. The fourth-order valence-electron chi connectivity index (χ4n) is 2.55. The molecule has 2 aromatic carbocycles. The van der Waals surface area contributed by atoms with Gasteiger partial charge in [0, 0.05) is 18.8 Å². The number of amides is 2. The summed E-state index contributed by atoms with van der Waals surface area (Å²) in [4.78, 5) is 23.7. The standard InChI is InChI=1S/C17H18N2O3/c20-16(18-11-15-6-3-9-22-15)17(21)19-14-8-7-12-4-1-2-5-13(12)10-14/h1-2,4-5,7-8,10,15H,3,6,9,11H2,(H,18,20)(H,19,21). The smallest absolute Gasteiger partial charge is 0.313 e. The van der Waals surface area contributed by atoms with Crippen LogP contribution in [0.3, 0.4) is 0 Å². The molecule has 114 valence electrons. The van der Waals surface area contributed by atoms with Gasteiger partial charge in [0.25, 0.3) is 0 Å². The number of fused-ring (bicyclic) bond motifs is 1. The Balaban J connectivity index is 1.58. The van der Waals surface area contributed by atoms with Gasteiger partial charge in [-0.25, -0.2) is 0 Å². The van der Waals surface area contributed by atoms with E-state index in [4.69, 9.17) is 4.74 Å². The van der Waals surface area contributed by atoms with E-state index in [-0.39, 0.29) is 6.10 Å². The van der Waals surface area contributed by atoms with Gasteiger partial charge in [-0.05, 0) is 35.7 Å². The molecule has 1 fully saturated rings. The summed E-state index contributed by atoms with van der Waals surface area (Å²) in [6.45, 7) is 1.10. The largest absolute Gasteiger partial charge is 0.376 e. The predicted octanol–water partition coefficient (Wildman–Crippen LogP) is 2.07. The van der Waals surface area contributed by atoms with Crippen molar-refractivity contribution in [3.05, 3.63) is 42.5 Å². The van der Waals surface area contributed by atoms with E-state index in [2.05, 4.69) is 10.6 Å². The highest BCUT2D eigenvalue weighted by molar-refractivity contribution is 6.39. The lowest BCUT2D eigenvalue weighted by atomic mass is 10.1. The van der Waals surface area contributed by atoms with Gasteiger partial charge in [-0.3, -0.25) is 9.59 Å². The molecule has 2 amide bonds. The lowest BCUT2D eigenvalue weighted by molar-refractivity contribution is -0.136. The number of rotatable bonds is 3. The molecule has 1 aliphatic rings. The number of hydrogen-bond acceptors (Lipinski definition) is 3. The number of carbonyl (C=O) groups excluding carboxylic acids is 2. The first-order chi connectivity index (χ1) is 10.7. The van der Waals surface area contributed by atoms with E-state index in [0.29, 0.717) is 12.2 Å². The first kappa shape index (κ1) is 14.5. The Morgan fingerprint density at radius 2 is 1.91 bits per heavy atom. The molecule has 0 spiro atoms. The zero-order chi connectivity index (χ0) is 15.4. The highest BCUT2D eigenvalue weighted by Crippen LogP contribution is 2.18. The van der Waals surface area contributed by atoms with Crippen molar-refractivity contribution in [3.8, 4) is 0 Å². The van der Waals surface area contributed by atoms with Crippen molar-refractivity contribution in [2.24, 2.45) is 0 Å². The Labute approximate surface area is 128 Å². The molecule has 5 nitrogen and oxygen atoms in total. The van der Waals surface area contributed by atoms with Gasteiger partial charge in [0.1, 0.15) is 0 Å². The van der Waals surface area contributed by atoms with Gasteiger partial charge in [0.05, 0.1) is 6.10 Å². The lowest BCUT2D eigenvalue weighted by Gasteiger charge is -2.11. The Bertz CT molecular complexity index is 693. The monoisotopic (exact) mass is 298 g/mol. The normalized spacial score (nSPS) is 17.4. The highest BCUT2D eigenvalue weighted by Gasteiger charge is 2.19. The van der Waals surface area contributed by atoms with Crippen molar-refractivity contribution in [2.45, 2.75) is 18.9 Å². The Morgan fingerprint density at radius 3 is 2.68 bits per heavy atom. The Kier molecular flexibility index (Phi) is 4.34. The SMILES string of the molecule is O=C(NCC1CCCO1)C(=O)Nc1ccc2ccccc2c1. The first-order valence-corrected chi connectivity index (χ1v) is 7.42. The summed E-state index contributed by atoms with van der Waals surface area (Å²) >= 11 is 0. The quantitative estimate of drug-likeness (QED) is 0.853. The van der Waals surface area contributed by atoms with Crippen molar-refractivity contribution < 1.29 is 14.3 Å². The average molecular weight is 298 g/mol. The van der Waals surface area contributed by atoms with Crippen molar-refractivity contribution in [1.29, 1.82) is 0 Å². The highest BCUT2D eigenvalue weighted by atomic mass is 16.5. The molecule has 1 heterocycles. The minimum atomic E-state index is -0.659. The van der Waals surface area contributed by atoms with Gasteiger partial charge in [0.2, 0.25) is 0 Å². The Morgan fingerprint density at radius 1 is 1.09 bits per heavy atom. The third-order valence-electron chi connectivity index (χ3n) is 3.73. The maximum Gasteiger partial charge on any atom is 0.313 e. The molecule has 1 aliphatic heterocycles. The zero-order valence-corrected chi connectivity index (χ0v) is 12.2. The molecule has 22 heavy (non-hydrogen) atoms. The summed E-state index contributed by atoms with van der Waals surface area (Å²) in [7, 11) is 0. The van der Waals surface area contributed by atoms with E-state index in [1.54, 1.807) is 6.07 Å². The van der Waals surface area contributed by atoms with Gasteiger partial charge in [-0.2, -0.15) is 0 Å². The number of hydrogen-bond donors (Lipinski definition) is 2. The molecule has 5 heteroatoms. The van der Waals surface area contributed by atoms with Gasteiger partial charge in [-0.1, -0.05) is 30.3 Å². The van der Waals surface area contributed by atoms with Crippen molar-refractivity contribution in [2.75, 3.05) is 18.5 Å². The van der Waals surface area contributed by atoms with Crippen LogP contribution in [0.2, 0.25) is 0 Å². The molecule has 2 aromatic rings. The maximum absolute atomic E-state index is 11.9. The molecule has 0 aliphatic carbocycles. The number of carbonyl (C=O) groups is 2. The van der Waals surface area contributed by atoms with Crippen LogP contribution in [0.4, 0.5) is 5.69 Å². The topological polar surface area (TPSA) is 67.4 Å². The molecular weight excluding hydrogens is 280 g/mol. The van der Waals surface area contributed by atoms with E-state index in [9.17, 15) is 9.59 Å². The van der Waals surface area contributed by atoms with Gasteiger partial charge in [-0.15, -0.1) is 0 Å². The van der Waals surface area contributed by atoms with Crippen LogP contribution >= 0.6 is 0 Å². The second-order valence-corrected chi connectivity index (χ2v) is 5.36. The van der Waals surface area contributed by atoms with E-state index in [0.717, 1.165) is 30.2 Å². The maximum atomic E-state index is 11.9. The summed E-state index contributed by atoms with van der Waals surface area (Å²) in [5.41, 5.74) is 0.607. The van der Waals surface area contributed by atoms with Crippen molar-refractivity contribution >= 4 is 28.3 Å². The average Bonchev–Trinajstić information content (AvgIpc) is 3.06. The summed E-state index contributed by atoms with van der Waals surface area (Å²) in [5, 5.41) is 7.32. The molecular formula is C17H18N2O3. The molecule has 0 radical (unpaired) electrons. The van der Waals surface area contributed by atoms with Crippen LogP contribution in [-0.2, 0) is 14.3 Å². The fourth-order valence-corrected chi connectivity index (χ4v) is 2.55. The predicted molar refractivity (Wildman–Crippen MR) is 84.6 cm³/mol.